The van der Waals surface area contributed by atoms with E-state index in [2.05, 4.69) is 18.9 Å². The van der Waals surface area contributed by atoms with Gasteiger partial charge >= 0.3 is 0 Å². The van der Waals surface area contributed by atoms with Crippen molar-refractivity contribution in [3.8, 4) is 0 Å². The van der Waals surface area contributed by atoms with E-state index in [1.54, 1.807) is 0 Å². The molecule has 1 atom stereocenters. The highest BCUT2D eigenvalue weighted by molar-refractivity contribution is 7.15. The van der Waals surface area contributed by atoms with Gasteiger partial charge in [-0.1, -0.05) is 13.8 Å². The van der Waals surface area contributed by atoms with Crippen LogP contribution in [0.25, 0.3) is 10.9 Å². The summed E-state index contributed by atoms with van der Waals surface area (Å²) in [6.45, 7) is 4.00. The first-order valence-corrected chi connectivity index (χ1v) is 6.33. The van der Waals surface area contributed by atoms with Crippen molar-refractivity contribution in [3.63, 3.8) is 0 Å². The van der Waals surface area contributed by atoms with Gasteiger partial charge in [-0.15, -0.1) is 14.4 Å². The minimum atomic E-state index is -0.00414. The van der Waals surface area contributed by atoms with Crippen LogP contribution in [0.1, 0.15) is 19.4 Å². The third-order valence-corrected chi connectivity index (χ3v) is 2.75. The van der Waals surface area contributed by atoms with Crippen LogP contribution in [0.2, 0.25) is 0 Å². The van der Waals surface area contributed by atoms with Gasteiger partial charge in [-0.3, -0.25) is 5.41 Å². The number of benzene rings is 1. The fourth-order valence-corrected chi connectivity index (χ4v) is 1.89. The molecule has 2 rings (SSSR count). The molecule has 0 spiro atoms. The number of amidine groups is 1. The van der Waals surface area contributed by atoms with E-state index in [1.807, 2.05) is 44.3 Å². The smallest absolute Gasteiger partial charge is 0.173 e. The third kappa shape index (κ3) is 2.77. The van der Waals surface area contributed by atoms with E-state index in [9.17, 15) is 0 Å². The lowest BCUT2D eigenvalue weighted by atomic mass is 10.1. The number of fused-ring (bicyclic) bond motifs is 1. The van der Waals surface area contributed by atoms with Gasteiger partial charge in [0.05, 0.1) is 0 Å². The molecule has 90 valence electrons. The number of nitrogens with one attached hydrogen (secondary N) is 2. The van der Waals surface area contributed by atoms with Crippen LogP contribution >= 0.6 is 9.24 Å². The Kier molecular flexibility index (Phi) is 4.98. The molecule has 0 amide bonds. The van der Waals surface area contributed by atoms with E-state index in [1.165, 1.54) is 0 Å². The van der Waals surface area contributed by atoms with Crippen molar-refractivity contribution in [1.29, 1.82) is 10.9 Å². The van der Waals surface area contributed by atoms with E-state index >= 15 is 0 Å². The van der Waals surface area contributed by atoms with E-state index in [0.717, 1.165) is 17.2 Å². The minimum absolute atomic E-state index is 0.00414. The molecule has 0 bridgehead atoms. The van der Waals surface area contributed by atoms with Crippen molar-refractivity contribution in [2.75, 3.05) is 0 Å². The maximum Gasteiger partial charge on any atom is 0.173 e. The molecule has 0 fully saturated rings. The molecule has 0 aliphatic rings. The minimum Gasteiger partial charge on any atom is -0.344 e. The van der Waals surface area contributed by atoms with Crippen molar-refractivity contribution < 1.29 is 0 Å². The molecular weight excluding hydrogens is 231 g/mol. The summed E-state index contributed by atoms with van der Waals surface area (Å²) >= 11 is 0. The molecule has 0 saturated heterocycles. The van der Waals surface area contributed by atoms with Crippen LogP contribution in [0.15, 0.2) is 35.6 Å². The summed E-state index contributed by atoms with van der Waals surface area (Å²) in [6, 6.07) is 7.65. The van der Waals surface area contributed by atoms with Crippen molar-refractivity contribution in [2.45, 2.75) is 20.1 Å². The van der Waals surface area contributed by atoms with Gasteiger partial charge in [0.2, 0.25) is 0 Å². The predicted octanol–water partition coefficient (Wildman–Crippen LogP) is 3.86. The standard InChI is InChI=1S/C10H11N4P.C2H6/c11-10(13-12)8-1-2-9-7(5-8)3-4-14(9)6-15;1-2/h1-5,11-12H,6,15H2;1-2H3. The van der Waals surface area contributed by atoms with Gasteiger partial charge in [-0.25, -0.2) is 5.53 Å². The molecule has 1 aromatic heterocycles. The lowest BCUT2D eigenvalue weighted by molar-refractivity contribution is 0.943. The molecule has 4 nitrogen and oxygen atoms in total. The Bertz CT molecular complexity index is 530. The Morgan fingerprint density at radius 1 is 1.35 bits per heavy atom. The molecule has 2 N–H and O–H groups in total. The second kappa shape index (κ2) is 6.26. The summed E-state index contributed by atoms with van der Waals surface area (Å²) < 4.78 is 2.10. The molecule has 1 aromatic carbocycles. The van der Waals surface area contributed by atoms with Crippen LogP contribution < -0.4 is 0 Å². The average Bonchev–Trinajstić information content (AvgIpc) is 2.82. The lowest BCUT2D eigenvalue weighted by Crippen LogP contribution is -1.93. The van der Waals surface area contributed by atoms with Crippen molar-refractivity contribution in [1.82, 2.24) is 4.57 Å². The van der Waals surface area contributed by atoms with Gasteiger partial charge in [0.15, 0.2) is 5.84 Å². The topological polar surface area (TPSA) is 65.0 Å². The van der Waals surface area contributed by atoms with Gasteiger partial charge in [0.25, 0.3) is 0 Å². The molecule has 0 radical (unpaired) electrons. The molecule has 1 heterocycles. The van der Waals surface area contributed by atoms with Crippen molar-refractivity contribution in [3.05, 3.63) is 36.0 Å². The van der Waals surface area contributed by atoms with Crippen LogP contribution in [0.3, 0.4) is 0 Å². The largest absolute Gasteiger partial charge is 0.344 e. The normalized spacial score (nSPS) is 9.59. The van der Waals surface area contributed by atoms with Crippen molar-refractivity contribution >= 4 is 26.0 Å². The molecule has 2 aromatic rings. The summed E-state index contributed by atoms with van der Waals surface area (Å²) in [6.07, 6.45) is 2.85. The zero-order chi connectivity index (χ0) is 12.8. The Hall–Kier alpha value is -1.54. The highest BCUT2D eigenvalue weighted by Crippen LogP contribution is 2.19. The molecule has 0 saturated carbocycles. The Balaban J connectivity index is 0.000000686. The lowest BCUT2D eigenvalue weighted by Gasteiger charge is -2.01. The Morgan fingerprint density at radius 2 is 2.06 bits per heavy atom. The van der Waals surface area contributed by atoms with E-state index < -0.39 is 0 Å². The second-order valence-corrected chi connectivity index (χ2v) is 3.57. The van der Waals surface area contributed by atoms with Crippen LogP contribution in [-0.4, -0.2) is 10.4 Å². The quantitative estimate of drug-likeness (QED) is 0.351. The zero-order valence-corrected chi connectivity index (χ0v) is 11.2. The van der Waals surface area contributed by atoms with E-state index in [-0.39, 0.29) is 5.84 Å². The van der Waals surface area contributed by atoms with E-state index in [0.29, 0.717) is 5.56 Å². The summed E-state index contributed by atoms with van der Waals surface area (Å²) in [5.74, 6) is -0.00414. The Labute approximate surface area is 103 Å². The van der Waals surface area contributed by atoms with Crippen LogP contribution in [0, 0.1) is 10.9 Å². The number of hydrogen-bond acceptors (Lipinski definition) is 2. The summed E-state index contributed by atoms with van der Waals surface area (Å²) in [5, 5.41) is 11.6. The fourth-order valence-electron chi connectivity index (χ4n) is 1.57. The number of hydrogen-bond donors (Lipinski definition) is 2. The van der Waals surface area contributed by atoms with Gasteiger partial charge < -0.3 is 4.57 Å². The first-order valence-electron chi connectivity index (χ1n) is 5.51. The highest BCUT2D eigenvalue weighted by atomic mass is 31.0. The molecule has 0 aliphatic heterocycles. The molecule has 0 aliphatic carbocycles. The second-order valence-electron chi connectivity index (χ2n) is 3.20. The van der Waals surface area contributed by atoms with Gasteiger partial charge in [-0.2, -0.15) is 0 Å². The SMILES string of the molecule is CC.N=NC(=N)c1ccc2c(ccn2CP)c1. The van der Waals surface area contributed by atoms with Gasteiger partial charge in [-0.05, 0) is 24.3 Å². The van der Waals surface area contributed by atoms with Gasteiger partial charge in [0.1, 0.15) is 0 Å². The van der Waals surface area contributed by atoms with Crippen LogP contribution in [-0.2, 0) is 6.29 Å². The number of rotatable bonds is 2. The molecule has 1 unspecified atom stereocenters. The fraction of sp³-hybridized carbons (Fsp3) is 0.250. The Morgan fingerprint density at radius 3 is 2.65 bits per heavy atom. The van der Waals surface area contributed by atoms with E-state index in [4.69, 9.17) is 10.9 Å². The summed E-state index contributed by atoms with van der Waals surface area (Å²) in [5.41, 5.74) is 8.60. The maximum atomic E-state index is 7.44. The van der Waals surface area contributed by atoms with Crippen LogP contribution in [0.4, 0.5) is 0 Å². The summed E-state index contributed by atoms with van der Waals surface area (Å²) in [7, 11) is 2.67. The zero-order valence-electron chi connectivity index (χ0n) is 10.1. The molecule has 5 heteroatoms. The average molecular weight is 248 g/mol. The predicted molar refractivity (Wildman–Crippen MR) is 75.0 cm³/mol. The van der Waals surface area contributed by atoms with Gasteiger partial charge in [0, 0.05) is 28.9 Å². The monoisotopic (exact) mass is 248 g/mol. The maximum absolute atomic E-state index is 7.44. The first kappa shape index (κ1) is 13.5. The van der Waals surface area contributed by atoms with Crippen molar-refractivity contribution in [2.24, 2.45) is 5.11 Å². The highest BCUT2D eigenvalue weighted by Gasteiger charge is 2.03. The number of nitrogens with zero attached hydrogens (tertiary/aromatic N) is 2. The molecule has 17 heavy (non-hydrogen) atoms. The third-order valence-electron chi connectivity index (χ3n) is 2.35. The number of aromatic nitrogens is 1. The van der Waals surface area contributed by atoms with Crippen LogP contribution in [0.5, 0.6) is 0 Å². The molecular formula is C12H17N4P. The first-order chi connectivity index (χ1) is 8.26. The summed E-state index contributed by atoms with van der Waals surface area (Å²) in [4.78, 5) is 0.